The van der Waals surface area contributed by atoms with Crippen LogP contribution in [0.25, 0.3) is 0 Å². The molecular weight excluding hydrogens is 318 g/mol. The van der Waals surface area contributed by atoms with Crippen LogP contribution in [-0.2, 0) is 4.79 Å². The number of nitrogens with two attached hydrogens (primary N) is 1. The molecule has 18 heavy (non-hydrogen) atoms. The second-order valence-electron chi connectivity index (χ2n) is 3.68. The highest BCUT2D eigenvalue weighted by atomic mass is 79.9. The number of rotatable bonds is 4. The molecule has 7 heteroatoms. The Hall–Kier alpha value is -1.21. The summed E-state index contributed by atoms with van der Waals surface area (Å²) in [5, 5.41) is 11.8. The van der Waals surface area contributed by atoms with Gasteiger partial charge in [0.15, 0.2) is 5.84 Å². The predicted octanol–water partition coefficient (Wildman–Crippen LogP) is 1.72. The second kappa shape index (κ2) is 6.65. The van der Waals surface area contributed by atoms with Gasteiger partial charge in [0.2, 0.25) is 5.91 Å². The number of halogens is 1. The molecule has 0 fully saturated rings. The van der Waals surface area contributed by atoms with Crippen LogP contribution in [0.5, 0.6) is 0 Å². The maximum Gasteiger partial charge on any atom is 0.232 e. The van der Waals surface area contributed by atoms with Gasteiger partial charge in [-0.3, -0.25) is 4.79 Å². The number of oxime groups is 1. The Bertz CT molecular complexity index is 477. The van der Waals surface area contributed by atoms with E-state index in [0.717, 1.165) is 9.37 Å². The van der Waals surface area contributed by atoms with Gasteiger partial charge >= 0.3 is 0 Å². The molecule has 0 bridgehead atoms. The summed E-state index contributed by atoms with van der Waals surface area (Å²) in [5.74, 6) is 0.322. The quantitative estimate of drug-likeness (QED) is 0.289. The molecule has 1 amide bonds. The van der Waals surface area contributed by atoms with Gasteiger partial charge in [-0.2, -0.15) is 0 Å². The van der Waals surface area contributed by atoms with E-state index >= 15 is 0 Å². The predicted molar refractivity (Wildman–Crippen MR) is 76.1 cm³/mol. The molecule has 0 aliphatic carbocycles. The van der Waals surface area contributed by atoms with Crippen LogP contribution in [0.3, 0.4) is 0 Å². The minimum absolute atomic E-state index is 0.00503. The Morgan fingerprint density at radius 2 is 2.22 bits per heavy atom. The molecule has 1 rings (SSSR count). The van der Waals surface area contributed by atoms with Crippen molar-refractivity contribution >= 4 is 39.4 Å². The van der Waals surface area contributed by atoms with Crippen molar-refractivity contribution in [2.75, 3.05) is 19.8 Å². The van der Waals surface area contributed by atoms with E-state index in [1.54, 1.807) is 20.2 Å². The van der Waals surface area contributed by atoms with Gasteiger partial charge < -0.3 is 15.8 Å². The molecule has 98 valence electrons. The molecule has 0 radical (unpaired) electrons. The second-order valence-corrected chi connectivity index (χ2v) is 5.55. The summed E-state index contributed by atoms with van der Waals surface area (Å²) in [7, 11) is 3.41. The lowest BCUT2D eigenvalue weighted by Crippen LogP contribution is -2.23. The van der Waals surface area contributed by atoms with Crippen molar-refractivity contribution < 1.29 is 10.0 Å². The molecule has 0 aliphatic rings. The van der Waals surface area contributed by atoms with Gasteiger partial charge in [0.05, 0.1) is 5.75 Å². The first-order valence-electron chi connectivity index (χ1n) is 5.06. The summed E-state index contributed by atoms with van der Waals surface area (Å²) in [6, 6.07) is 5.46. The number of hydrogen-bond acceptors (Lipinski definition) is 4. The van der Waals surface area contributed by atoms with Crippen molar-refractivity contribution in [1.29, 1.82) is 0 Å². The van der Waals surface area contributed by atoms with E-state index in [1.165, 1.54) is 16.7 Å². The van der Waals surface area contributed by atoms with E-state index < -0.39 is 0 Å². The van der Waals surface area contributed by atoms with Gasteiger partial charge in [-0.25, -0.2) is 0 Å². The van der Waals surface area contributed by atoms with E-state index in [2.05, 4.69) is 21.1 Å². The highest BCUT2D eigenvalue weighted by molar-refractivity contribution is 9.10. The summed E-state index contributed by atoms with van der Waals surface area (Å²) in [6.07, 6.45) is 0. The average molecular weight is 332 g/mol. The highest BCUT2D eigenvalue weighted by Crippen LogP contribution is 2.28. The van der Waals surface area contributed by atoms with Gasteiger partial charge in [-0.05, 0) is 28.1 Å². The molecule has 0 aliphatic heterocycles. The van der Waals surface area contributed by atoms with Gasteiger partial charge in [-0.15, -0.1) is 11.8 Å². The Morgan fingerprint density at radius 3 is 2.78 bits per heavy atom. The van der Waals surface area contributed by atoms with Crippen LogP contribution in [0.4, 0.5) is 0 Å². The maximum atomic E-state index is 11.5. The number of benzene rings is 1. The van der Waals surface area contributed by atoms with Crippen molar-refractivity contribution in [2.24, 2.45) is 10.9 Å². The van der Waals surface area contributed by atoms with Gasteiger partial charge in [-0.1, -0.05) is 11.2 Å². The summed E-state index contributed by atoms with van der Waals surface area (Å²) in [6.45, 7) is 0. The molecular formula is C11H14BrN3O2S. The number of amides is 1. The summed E-state index contributed by atoms with van der Waals surface area (Å²) in [5.41, 5.74) is 6.22. The number of thioether (sulfide) groups is 1. The first-order chi connectivity index (χ1) is 8.47. The Kier molecular flexibility index (Phi) is 5.49. The van der Waals surface area contributed by atoms with Crippen LogP contribution in [0, 0.1) is 0 Å². The van der Waals surface area contributed by atoms with Crippen molar-refractivity contribution in [1.82, 2.24) is 4.90 Å². The molecule has 0 spiro atoms. The molecule has 0 unspecified atom stereocenters. The molecule has 5 nitrogen and oxygen atoms in total. The third-order valence-electron chi connectivity index (χ3n) is 2.19. The largest absolute Gasteiger partial charge is 0.409 e. The molecule has 0 atom stereocenters. The normalized spacial score (nSPS) is 11.4. The topological polar surface area (TPSA) is 78.9 Å². The average Bonchev–Trinajstić information content (AvgIpc) is 2.34. The molecule has 0 saturated heterocycles. The summed E-state index contributed by atoms with van der Waals surface area (Å²) in [4.78, 5) is 13.8. The summed E-state index contributed by atoms with van der Waals surface area (Å²) < 4.78 is 0.722. The van der Waals surface area contributed by atoms with E-state index in [1.807, 2.05) is 12.1 Å². The van der Waals surface area contributed by atoms with Gasteiger partial charge in [0, 0.05) is 29.0 Å². The molecule has 0 heterocycles. The Labute approximate surface area is 118 Å². The highest BCUT2D eigenvalue weighted by Gasteiger charge is 2.13. The van der Waals surface area contributed by atoms with Crippen LogP contribution in [0.15, 0.2) is 32.7 Å². The zero-order chi connectivity index (χ0) is 13.7. The number of carbonyl (C=O) groups is 1. The van der Waals surface area contributed by atoms with E-state index in [9.17, 15) is 4.79 Å². The Morgan fingerprint density at radius 1 is 1.56 bits per heavy atom. The van der Waals surface area contributed by atoms with Crippen molar-refractivity contribution in [2.45, 2.75) is 4.90 Å². The fourth-order valence-corrected chi connectivity index (χ4v) is 2.96. The minimum Gasteiger partial charge on any atom is -0.409 e. The summed E-state index contributed by atoms with van der Waals surface area (Å²) >= 11 is 4.69. The van der Waals surface area contributed by atoms with Gasteiger partial charge in [0.25, 0.3) is 0 Å². The SMILES string of the molecule is CN(C)C(=O)CSc1cccc(Br)c1/C(N)=N/O. The smallest absolute Gasteiger partial charge is 0.232 e. The van der Waals surface area contributed by atoms with E-state index in [4.69, 9.17) is 10.9 Å². The minimum atomic E-state index is 0.00503. The number of hydrogen-bond donors (Lipinski definition) is 2. The van der Waals surface area contributed by atoms with Crippen LogP contribution in [-0.4, -0.2) is 41.7 Å². The van der Waals surface area contributed by atoms with Crippen molar-refractivity contribution in [3.63, 3.8) is 0 Å². The first-order valence-corrected chi connectivity index (χ1v) is 6.84. The number of nitrogens with zero attached hydrogens (tertiary/aromatic N) is 2. The Balaban J connectivity index is 2.96. The zero-order valence-electron chi connectivity index (χ0n) is 10.1. The number of carbonyl (C=O) groups excluding carboxylic acids is 1. The fourth-order valence-electron chi connectivity index (χ4n) is 1.19. The standard InChI is InChI=1S/C11H14BrN3O2S/c1-15(2)9(16)6-18-8-5-3-4-7(12)10(8)11(13)14-17/h3-5,17H,6H2,1-2H3,(H2,13,14). The third-order valence-corrected chi connectivity index (χ3v) is 3.89. The van der Waals surface area contributed by atoms with Gasteiger partial charge in [0.1, 0.15) is 0 Å². The first kappa shape index (κ1) is 14.8. The van der Waals surface area contributed by atoms with Crippen LogP contribution < -0.4 is 5.73 Å². The monoisotopic (exact) mass is 331 g/mol. The van der Waals surface area contributed by atoms with Crippen molar-refractivity contribution in [3.8, 4) is 0 Å². The molecule has 1 aromatic rings. The fraction of sp³-hybridized carbons (Fsp3) is 0.273. The van der Waals surface area contributed by atoms with Crippen molar-refractivity contribution in [3.05, 3.63) is 28.2 Å². The molecule has 0 saturated carbocycles. The maximum absolute atomic E-state index is 11.5. The van der Waals surface area contributed by atoms with Crippen LogP contribution in [0.1, 0.15) is 5.56 Å². The third kappa shape index (κ3) is 3.64. The van der Waals surface area contributed by atoms with Crippen LogP contribution in [0.2, 0.25) is 0 Å². The van der Waals surface area contributed by atoms with Crippen LogP contribution >= 0.6 is 27.7 Å². The number of amidine groups is 1. The zero-order valence-corrected chi connectivity index (χ0v) is 12.5. The van der Waals surface area contributed by atoms with E-state index in [0.29, 0.717) is 11.3 Å². The lowest BCUT2D eigenvalue weighted by molar-refractivity contribution is -0.125. The molecule has 3 N–H and O–H groups in total. The molecule has 1 aromatic carbocycles. The molecule has 0 aromatic heterocycles. The lowest BCUT2D eigenvalue weighted by atomic mass is 10.2. The lowest BCUT2D eigenvalue weighted by Gasteiger charge is -2.12. The van der Waals surface area contributed by atoms with E-state index in [-0.39, 0.29) is 11.7 Å².